The molecule has 0 bridgehead atoms. The Balaban J connectivity index is 1.86. The Bertz CT molecular complexity index is 591. The van der Waals surface area contributed by atoms with Crippen LogP contribution < -0.4 is 5.73 Å². The average molecular weight is 315 g/mol. The van der Waals surface area contributed by atoms with Gasteiger partial charge in [-0.2, -0.15) is 0 Å². The number of carbonyl (C=O) groups is 1. The molecule has 1 amide bonds. The monoisotopic (exact) mass is 315 g/mol. The molecule has 0 spiro atoms. The molecule has 126 valence electrons. The summed E-state index contributed by atoms with van der Waals surface area (Å²) in [5.41, 5.74) is 8.21. The Morgan fingerprint density at radius 2 is 2.22 bits per heavy atom. The minimum Gasteiger partial charge on any atom is -0.472 e. The lowest BCUT2D eigenvalue weighted by Gasteiger charge is -2.57. The Morgan fingerprint density at radius 1 is 1.43 bits per heavy atom. The first-order chi connectivity index (χ1) is 10.9. The highest BCUT2D eigenvalue weighted by atomic mass is 16.3. The highest BCUT2D eigenvalue weighted by Crippen LogP contribution is 2.61. The topological polar surface area (TPSA) is 56.2 Å². The third-order valence-electron chi connectivity index (χ3n) is 6.88. The van der Waals surface area contributed by atoms with Crippen LogP contribution in [-0.4, -0.2) is 5.91 Å². The molecule has 1 heterocycles. The van der Waals surface area contributed by atoms with E-state index in [-0.39, 0.29) is 16.7 Å². The summed E-state index contributed by atoms with van der Waals surface area (Å²) >= 11 is 0. The number of hydrogen-bond donors (Lipinski definition) is 1. The van der Waals surface area contributed by atoms with Crippen molar-refractivity contribution < 1.29 is 9.21 Å². The van der Waals surface area contributed by atoms with Crippen molar-refractivity contribution in [2.75, 3.05) is 0 Å². The highest BCUT2D eigenvalue weighted by Gasteiger charge is 2.56. The molecule has 3 heteroatoms. The van der Waals surface area contributed by atoms with E-state index in [9.17, 15) is 4.79 Å². The lowest BCUT2D eigenvalue weighted by Crippen LogP contribution is -2.55. The molecule has 0 saturated heterocycles. The maximum atomic E-state index is 12.2. The summed E-state index contributed by atoms with van der Waals surface area (Å²) in [7, 11) is 0. The molecule has 3 nitrogen and oxygen atoms in total. The molecule has 2 aliphatic carbocycles. The van der Waals surface area contributed by atoms with Gasteiger partial charge < -0.3 is 10.2 Å². The van der Waals surface area contributed by atoms with Gasteiger partial charge in [-0.3, -0.25) is 4.79 Å². The van der Waals surface area contributed by atoms with E-state index in [1.807, 2.05) is 12.3 Å². The second-order valence-electron chi connectivity index (χ2n) is 8.11. The third kappa shape index (κ3) is 2.64. The summed E-state index contributed by atoms with van der Waals surface area (Å²) in [6.45, 7) is 8.86. The fourth-order valence-electron chi connectivity index (χ4n) is 5.52. The molecule has 1 aromatic heterocycles. The molecule has 0 aromatic carbocycles. The van der Waals surface area contributed by atoms with Crippen LogP contribution in [0.15, 0.2) is 35.2 Å². The van der Waals surface area contributed by atoms with Crippen LogP contribution in [-0.2, 0) is 11.2 Å². The van der Waals surface area contributed by atoms with Crippen LogP contribution in [0.5, 0.6) is 0 Å². The minimum atomic E-state index is -0.360. The maximum absolute atomic E-state index is 12.2. The molecule has 2 N–H and O–H groups in total. The van der Waals surface area contributed by atoms with Crippen molar-refractivity contribution in [2.24, 2.45) is 28.4 Å². The largest absolute Gasteiger partial charge is 0.472 e. The lowest BCUT2D eigenvalue weighted by molar-refractivity contribution is -0.142. The van der Waals surface area contributed by atoms with E-state index in [2.05, 4.69) is 20.4 Å². The lowest BCUT2D eigenvalue weighted by atomic mass is 9.46. The third-order valence-corrected chi connectivity index (χ3v) is 6.88. The average Bonchev–Trinajstić information content (AvgIpc) is 2.99. The van der Waals surface area contributed by atoms with Crippen molar-refractivity contribution in [3.63, 3.8) is 0 Å². The number of primary amides is 1. The smallest absolute Gasteiger partial charge is 0.223 e. The number of fused-ring (bicyclic) bond motifs is 1. The number of nitrogens with two attached hydrogens (primary N) is 1. The summed E-state index contributed by atoms with van der Waals surface area (Å²) in [6.07, 6.45) is 10.9. The summed E-state index contributed by atoms with van der Waals surface area (Å²) in [5, 5.41) is 0. The number of furan rings is 1. The number of carbonyl (C=O) groups excluding carboxylic acids is 1. The number of amides is 1. The van der Waals surface area contributed by atoms with Gasteiger partial charge in [0.2, 0.25) is 5.91 Å². The van der Waals surface area contributed by atoms with Crippen LogP contribution >= 0.6 is 0 Å². The normalized spacial score (nSPS) is 37.4. The van der Waals surface area contributed by atoms with Crippen molar-refractivity contribution in [3.05, 3.63) is 36.3 Å². The highest BCUT2D eigenvalue weighted by molar-refractivity contribution is 5.81. The summed E-state index contributed by atoms with van der Waals surface area (Å²) < 4.78 is 5.19. The first kappa shape index (κ1) is 16.4. The van der Waals surface area contributed by atoms with Crippen LogP contribution in [0.25, 0.3) is 0 Å². The molecule has 0 aliphatic heterocycles. The van der Waals surface area contributed by atoms with Crippen LogP contribution in [0.2, 0.25) is 0 Å². The van der Waals surface area contributed by atoms with Crippen LogP contribution in [0.1, 0.15) is 57.9 Å². The summed E-state index contributed by atoms with van der Waals surface area (Å²) in [4.78, 5) is 12.2. The number of aryl methyl sites for hydroxylation is 1. The van der Waals surface area contributed by atoms with Gasteiger partial charge in [0.1, 0.15) is 0 Å². The number of allylic oxidation sites excluding steroid dienone is 1. The molecule has 3 rings (SSSR count). The van der Waals surface area contributed by atoms with Crippen molar-refractivity contribution >= 4 is 5.91 Å². The number of rotatable bonds is 4. The van der Waals surface area contributed by atoms with E-state index in [1.165, 1.54) is 17.6 Å². The molecule has 4 atom stereocenters. The van der Waals surface area contributed by atoms with Gasteiger partial charge in [0.15, 0.2) is 0 Å². The fourth-order valence-corrected chi connectivity index (χ4v) is 5.52. The van der Waals surface area contributed by atoms with Crippen LogP contribution in [0.3, 0.4) is 0 Å². The Kier molecular flexibility index (Phi) is 4.16. The predicted octanol–water partition coefficient (Wildman–Crippen LogP) is 4.48. The second-order valence-corrected chi connectivity index (χ2v) is 8.11. The SMILES string of the molecule is C=C1CCC2[C@](C)(CCC[C@]2(C)C(N)=O)[C@H]1CCc1ccoc1. The Labute approximate surface area is 139 Å². The van der Waals surface area contributed by atoms with Gasteiger partial charge in [-0.05, 0) is 67.4 Å². The standard InChI is InChI=1S/C20H29NO2/c1-14-5-8-17-19(2,10-4-11-20(17,3)18(21)22)16(14)7-6-15-9-12-23-13-15/h9,12-13,16-17H,1,4-8,10-11H2,2-3H3,(H2,21,22)/t16-,17?,19+,20-/m0/s1. The molecule has 1 aromatic rings. The molecule has 2 aliphatic rings. The molecular weight excluding hydrogens is 286 g/mol. The quantitative estimate of drug-likeness (QED) is 0.833. The van der Waals surface area contributed by atoms with E-state index in [0.29, 0.717) is 11.8 Å². The Hall–Kier alpha value is -1.51. The zero-order valence-corrected chi connectivity index (χ0v) is 14.4. The van der Waals surface area contributed by atoms with Gasteiger partial charge in [0.25, 0.3) is 0 Å². The Morgan fingerprint density at radius 3 is 2.87 bits per heavy atom. The zero-order valence-electron chi connectivity index (χ0n) is 14.4. The van der Waals surface area contributed by atoms with E-state index in [1.54, 1.807) is 6.26 Å². The van der Waals surface area contributed by atoms with Crippen molar-refractivity contribution in [1.82, 2.24) is 0 Å². The first-order valence-electron chi connectivity index (χ1n) is 8.86. The molecular formula is C20H29NO2. The molecule has 2 fully saturated rings. The van der Waals surface area contributed by atoms with Gasteiger partial charge >= 0.3 is 0 Å². The van der Waals surface area contributed by atoms with Crippen molar-refractivity contribution in [2.45, 2.75) is 58.8 Å². The van der Waals surface area contributed by atoms with Gasteiger partial charge in [0.05, 0.1) is 12.5 Å². The maximum Gasteiger partial charge on any atom is 0.223 e. The zero-order chi connectivity index (χ0) is 16.7. The fraction of sp³-hybridized carbons (Fsp3) is 0.650. The van der Waals surface area contributed by atoms with E-state index in [4.69, 9.17) is 10.2 Å². The van der Waals surface area contributed by atoms with Gasteiger partial charge in [-0.15, -0.1) is 0 Å². The summed E-state index contributed by atoms with van der Waals surface area (Å²) in [6, 6.07) is 2.04. The summed E-state index contributed by atoms with van der Waals surface area (Å²) in [5.74, 6) is 0.728. The van der Waals surface area contributed by atoms with Crippen LogP contribution in [0, 0.1) is 22.7 Å². The minimum absolute atomic E-state index is 0.116. The van der Waals surface area contributed by atoms with Gasteiger partial charge in [0, 0.05) is 5.41 Å². The van der Waals surface area contributed by atoms with Crippen molar-refractivity contribution in [1.29, 1.82) is 0 Å². The number of hydrogen-bond acceptors (Lipinski definition) is 2. The van der Waals surface area contributed by atoms with Crippen LogP contribution in [0.4, 0.5) is 0 Å². The second kappa shape index (κ2) is 5.85. The molecule has 23 heavy (non-hydrogen) atoms. The molecule has 2 saturated carbocycles. The predicted molar refractivity (Wildman–Crippen MR) is 91.6 cm³/mol. The van der Waals surface area contributed by atoms with E-state index in [0.717, 1.165) is 38.5 Å². The molecule has 1 unspecified atom stereocenters. The van der Waals surface area contributed by atoms with E-state index < -0.39 is 0 Å². The van der Waals surface area contributed by atoms with Crippen molar-refractivity contribution in [3.8, 4) is 0 Å². The van der Waals surface area contributed by atoms with Gasteiger partial charge in [-0.1, -0.05) is 32.4 Å². The van der Waals surface area contributed by atoms with E-state index >= 15 is 0 Å². The van der Waals surface area contributed by atoms with Gasteiger partial charge in [-0.25, -0.2) is 0 Å². The molecule has 0 radical (unpaired) electrons. The first-order valence-corrected chi connectivity index (χ1v) is 8.86.